The first-order chi connectivity index (χ1) is 18.7. The summed E-state index contributed by atoms with van der Waals surface area (Å²) in [5, 5.41) is 17.6. The molecule has 12 nitrogen and oxygen atoms in total. The fourth-order valence-electron chi connectivity index (χ4n) is 3.87. The number of benzene rings is 1. The molecule has 214 valence electrons. The number of rotatable bonds is 18. The summed E-state index contributed by atoms with van der Waals surface area (Å²) in [5.74, 6) is -2.33. The molecule has 0 aliphatic rings. The van der Waals surface area contributed by atoms with Gasteiger partial charge in [0.15, 0.2) is 0 Å². The maximum atomic E-state index is 13.3. The number of hydrogen-bond acceptors (Lipinski definition) is 8. The Balaban J connectivity index is 2.09. The Morgan fingerprint density at radius 1 is 0.949 bits per heavy atom. The first kappa shape index (κ1) is 31.8. The van der Waals surface area contributed by atoms with Gasteiger partial charge in [-0.25, -0.2) is 9.78 Å². The molecule has 0 spiro atoms. The molecule has 0 saturated heterocycles. The molecule has 0 saturated carbocycles. The summed E-state index contributed by atoms with van der Waals surface area (Å²) >= 11 is 1.48. The van der Waals surface area contributed by atoms with Crippen LogP contribution in [0.1, 0.15) is 36.9 Å². The van der Waals surface area contributed by atoms with Crippen molar-refractivity contribution < 1.29 is 24.3 Å². The van der Waals surface area contributed by atoms with E-state index < -0.39 is 47.9 Å². The first-order valence-corrected chi connectivity index (χ1v) is 14.2. The number of nitrogens with zero attached hydrogens (tertiary/aromatic N) is 1. The van der Waals surface area contributed by atoms with Crippen LogP contribution in [0.5, 0.6) is 0 Å². The van der Waals surface area contributed by atoms with Crippen molar-refractivity contribution in [3.8, 4) is 0 Å². The molecule has 9 N–H and O–H groups in total. The number of amides is 3. The standard InChI is InChI=1S/C26H39N7O5S/c1-39-12-10-21(25(36)33-22(26(37)38)14-18-15-29-16-30-18)32-24(35)20(9-5-6-11-27)31-23(34)19(28)13-17-7-3-2-4-8-17/h2-4,7-8,15-16,19-22H,5-6,9-14,27-28H2,1H3,(H,29,30)(H,31,34)(H,32,35)(H,33,36)(H,37,38). The van der Waals surface area contributed by atoms with Crippen LogP contribution in [-0.4, -0.2) is 81.5 Å². The monoisotopic (exact) mass is 561 g/mol. The predicted molar refractivity (Wildman–Crippen MR) is 150 cm³/mol. The van der Waals surface area contributed by atoms with E-state index in [1.165, 1.54) is 24.3 Å². The van der Waals surface area contributed by atoms with Gasteiger partial charge in [0.1, 0.15) is 18.1 Å². The molecular weight excluding hydrogens is 522 g/mol. The second-order valence-corrected chi connectivity index (χ2v) is 10.2. The summed E-state index contributed by atoms with van der Waals surface area (Å²) in [6.45, 7) is 0.432. The van der Waals surface area contributed by atoms with Crippen LogP contribution in [0.3, 0.4) is 0 Å². The van der Waals surface area contributed by atoms with E-state index in [1.54, 1.807) is 0 Å². The topological polar surface area (TPSA) is 205 Å². The third-order valence-corrected chi connectivity index (χ3v) is 6.70. The van der Waals surface area contributed by atoms with Crippen molar-refractivity contribution in [1.82, 2.24) is 25.9 Å². The first-order valence-electron chi connectivity index (χ1n) is 12.8. The van der Waals surface area contributed by atoms with Crippen LogP contribution in [0.4, 0.5) is 0 Å². The molecule has 1 aromatic carbocycles. The lowest BCUT2D eigenvalue weighted by Crippen LogP contribution is -2.57. The van der Waals surface area contributed by atoms with Crippen LogP contribution in [0, 0.1) is 0 Å². The Bertz CT molecular complexity index is 1040. The molecule has 3 amide bonds. The maximum absolute atomic E-state index is 13.3. The van der Waals surface area contributed by atoms with Crippen molar-refractivity contribution in [2.45, 2.75) is 62.7 Å². The SMILES string of the molecule is CSCCC(NC(=O)C(CCCCN)NC(=O)C(N)Cc1ccccc1)C(=O)NC(Cc1cnc[nH]1)C(=O)O. The van der Waals surface area contributed by atoms with Gasteiger partial charge in [-0.2, -0.15) is 11.8 Å². The fraction of sp³-hybridized carbons (Fsp3) is 0.500. The van der Waals surface area contributed by atoms with Gasteiger partial charge < -0.3 is 37.5 Å². The molecule has 0 aliphatic carbocycles. The second-order valence-electron chi connectivity index (χ2n) is 9.16. The van der Waals surface area contributed by atoms with Gasteiger partial charge in [0.05, 0.1) is 12.4 Å². The molecule has 4 atom stereocenters. The van der Waals surface area contributed by atoms with E-state index in [0.29, 0.717) is 43.7 Å². The van der Waals surface area contributed by atoms with E-state index in [1.807, 2.05) is 36.6 Å². The van der Waals surface area contributed by atoms with E-state index >= 15 is 0 Å². The number of nitrogens with two attached hydrogens (primary N) is 2. The number of hydrogen-bond donors (Lipinski definition) is 7. The fourth-order valence-corrected chi connectivity index (χ4v) is 4.34. The number of aromatic amines is 1. The molecule has 0 aliphatic heterocycles. The average molecular weight is 562 g/mol. The minimum Gasteiger partial charge on any atom is -0.480 e. The van der Waals surface area contributed by atoms with Gasteiger partial charge in [-0.1, -0.05) is 30.3 Å². The third-order valence-electron chi connectivity index (χ3n) is 6.05. The van der Waals surface area contributed by atoms with Gasteiger partial charge in [-0.3, -0.25) is 14.4 Å². The van der Waals surface area contributed by atoms with Gasteiger partial charge in [0.25, 0.3) is 0 Å². The van der Waals surface area contributed by atoms with Crippen LogP contribution in [-0.2, 0) is 32.0 Å². The van der Waals surface area contributed by atoms with Gasteiger partial charge in [0.2, 0.25) is 17.7 Å². The summed E-state index contributed by atoms with van der Waals surface area (Å²) in [5.41, 5.74) is 13.1. The van der Waals surface area contributed by atoms with Gasteiger partial charge >= 0.3 is 5.97 Å². The summed E-state index contributed by atoms with van der Waals surface area (Å²) in [6, 6.07) is 5.28. The van der Waals surface area contributed by atoms with Crippen LogP contribution >= 0.6 is 11.8 Å². The number of nitrogens with one attached hydrogen (secondary N) is 4. The number of imidazole rings is 1. The number of carboxylic acids is 1. The third kappa shape index (κ3) is 11.5. The highest BCUT2D eigenvalue weighted by Gasteiger charge is 2.30. The minimum atomic E-state index is -1.22. The van der Waals surface area contributed by atoms with Crippen LogP contribution in [0.25, 0.3) is 0 Å². The van der Waals surface area contributed by atoms with Crippen molar-refractivity contribution in [1.29, 1.82) is 0 Å². The Labute approximate surface area is 232 Å². The number of unbranched alkanes of at least 4 members (excludes halogenated alkanes) is 1. The van der Waals surface area contributed by atoms with Crippen molar-refractivity contribution in [2.75, 3.05) is 18.6 Å². The number of carbonyl (C=O) groups is 4. The van der Waals surface area contributed by atoms with Gasteiger partial charge in [0, 0.05) is 18.3 Å². The maximum Gasteiger partial charge on any atom is 0.326 e. The van der Waals surface area contributed by atoms with Crippen molar-refractivity contribution >= 4 is 35.5 Å². The number of aliphatic carboxylic acids is 1. The Hall–Kier alpha value is -3.42. The van der Waals surface area contributed by atoms with Crippen LogP contribution in [0.15, 0.2) is 42.9 Å². The zero-order chi connectivity index (χ0) is 28.6. The average Bonchev–Trinajstić information content (AvgIpc) is 3.43. The molecule has 0 fully saturated rings. The Morgan fingerprint density at radius 2 is 1.59 bits per heavy atom. The highest BCUT2D eigenvalue weighted by Crippen LogP contribution is 2.08. The normalized spacial score (nSPS) is 14.0. The molecular formula is C26H39N7O5S. The van der Waals surface area contributed by atoms with E-state index in [-0.39, 0.29) is 12.8 Å². The molecule has 1 aromatic heterocycles. The van der Waals surface area contributed by atoms with Crippen molar-refractivity contribution in [3.05, 3.63) is 54.1 Å². The van der Waals surface area contributed by atoms with E-state index in [2.05, 4.69) is 25.9 Å². The van der Waals surface area contributed by atoms with E-state index in [9.17, 15) is 24.3 Å². The lowest BCUT2D eigenvalue weighted by Gasteiger charge is -2.25. The molecule has 13 heteroatoms. The number of thioether (sulfide) groups is 1. The van der Waals surface area contributed by atoms with Crippen LogP contribution in [0.2, 0.25) is 0 Å². The minimum absolute atomic E-state index is 0.00133. The Morgan fingerprint density at radius 3 is 2.18 bits per heavy atom. The quantitative estimate of drug-likeness (QED) is 0.122. The zero-order valence-corrected chi connectivity index (χ0v) is 22.9. The lowest BCUT2D eigenvalue weighted by molar-refractivity contribution is -0.142. The Kier molecular flexibility index (Phi) is 14.0. The largest absolute Gasteiger partial charge is 0.480 e. The number of aromatic nitrogens is 2. The highest BCUT2D eigenvalue weighted by molar-refractivity contribution is 7.98. The summed E-state index contributed by atoms with van der Waals surface area (Å²) in [4.78, 5) is 57.7. The van der Waals surface area contributed by atoms with Crippen molar-refractivity contribution in [2.24, 2.45) is 11.5 Å². The van der Waals surface area contributed by atoms with Crippen molar-refractivity contribution in [3.63, 3.8) is 0 Å². The molecule has 2 aromatic rings. The number of carboxylic acid groups (broad SMARTS) is 1. The molecule has 2 rings (SSSR count). The summed E-state index contributed by atoms with van der Waals surface area (Å²) in [7, 11) is 0. The predicted octanol–water partition coefficient (Wildman–Crippen LogP) is -0.0567. The van der Waals surface area contributed by atoms with Gasteiger partial charge in [-0.05, 0) is 56.2 Å². The summed E-state index contributed by atoms with van der Waals surface area (Å²) in [6.07, 6.45) is 6.87. The molecule has 39 heavy (non-hydrogen) atoms. The zero-order valence-electron chi connectivity index (χ0n) is 22.1. The number of carbonyl (C=O) groups excluding carboxylic acids is 3. The van der Waals surface area contributed by atoms with Gasteiger partial charge in [-0.15, -0.1) is 0 Å². The highest BCUT2D eigenvalue weighted by atomic mass is 32.2. The molecule has 1 heterocycles. The molecule has 0 bridgehead atoms. The molecule has 4 unspecified atom stereocenters. The smallest absolute Gasteiger partial charge is 0.326 e. The number of H-pyrrole nitrogens is 1. The van der Waals surface area contributed by atoms with E-state index in [0.717, 1.165) is 5.56 Å². The second kappa shape index (κ2) is 17.2. The van der Waals surface area contributed by atoms with E-state index in [4.69, 9.17) is 11.5 Å². The van der Waals surface area contributed by atoms with Crippen LogP contribution < -0.4 is 27.4 Å². The lowest BCUT2D eigenvalue weighted by atomic mass is 10.0. The summed E-state index contributed by atoms with van der Waals surface area (Å²) < 4.78 is 0. The molecule has 0 radical (unpaired) electrons.